The summed E-state index contributed by atoms with van der Waals surface area (Å²) >= 11 is 0. The summed E-state index contributed by atoms with van der Waals surface area (Å²) < 4.78 is 0. The van der Waals surface area contributed by atoms with E-state index >= 15 is 0 Å². The maximum absolute atomic E-state index is 2.08. The van der Waals surface area contributed by atoms with E-state index in [1.54, 1.807) is 0 Å². The van der Waals surface area contributed by atoms with Crippen molar-refractivity contribution in [1.29, 1.82) is 0 Å². The minimum Gasteiger partial charge on any atom is -0.323 e. The molecule has 0 rings (SSSR count). The Morgan fingerprint density at radius 3 is 1.00 bits per heavy atom. The molecule has 0 fully saturated rings. The monoisotopic (exact) mass is 231 g/mol. The van der Waals surface area contributed by atoms with Crippen LogP contribution in [0.3, 0.4) is 0 Å². The Hall–Kier alpha value is 1.52. The van der Waals surface area contributed by atoms with Crippen LogP contribution in [0.15, 0.2) is 0 Å². The van der Waals surface area contributed by atoms with Gasteiger partial charge in [0.05, 0.1) is 0 Å². The van der Waals surface area contributed by atoms with E-state index in [4.69, 9.17) is 0 Å². The first-order valence-electron chi connectivity index (χ1n) is 1.50. The average molecular weight is 230 g/mol. The summed E-state index contributed by atoms with van der Waals surface area (Å²) in [7, 11) is 0. The van der Waals surface area contributed by atoms with Gasteiger partial charge < -0.3 is 5.92 Å². The molecule has 0 aliphatic rings. The minimum absolute atomic E-state index is 0. The zero-order valence-electron chi connectivity index (χ0n) is 3.77. The summed E-state index contributed by atoms with van der Waals surface area (Å²) in [5.74, 6) is 1.42. The van der Waals surface area contributed by atoms with Crippen molar-refractivity contribution in [3.63, 3.8) is 0 Å². The van der Waals surface area contributed by atoms with E-state index in [0.717, 1.165) is 0 Å². The molecule has 0 radical (unpaired) electrons. The molecule has 0 heterocycles. The summed E-state index contributed by atoms with van der Waals surface area (Å²) in [6.45, 7) is 6.25. The Bertz CT molecular complexity index is 8.36. The Balaban J connectivity index is 0. The standard InChI is InChI=1S/C4H9.Yb/c1-4(2)3;/h1-3H3;/q-1;. The van der Waals surface area contributed by atoms with Crippen LogP contribution in [-0.2, 0) is 0 Å². The van der Waals surface area contributed by atoms with Gasteiger partial charge in [-0.1, -0.05) is 0 Å². The van der Waals surface area contributed by atoms with Crippen LogP contribution in [0.5, 0.6) is 0 Å². The second-order valence-corrected chi connectivity index (χ2v) is 1.50. The molecule has 0 unspecified atom stereocenters. The van der Waals surface area contributed by atoms with Crippen LogP contribution in [0, 0.1) is 52.8 Å². The van der Waals surface area contributed by atoms with E-state index in [1.165, 1.54) is 5.92 Å². The molecular weight excluding hydrogens is 221 g/mol. The first kappa shape index (κ1) is 9.72. The van der Waals surface area contributed by atoms with Gasteiger partial charge in [-0.25, -0.2) is 0 Å². The van der Waals surface area contributed by atoms with Crippen LogP contribution in [0.1, 0.15) is 20.8 Å². The van der Waals surface area contributed by atoms with E-state index in [-0.39, 0.29) is 46.9 Å². The van der Waals surface area contributed by atoms with Gasteiger partial charge in [0.1, 0.15) is 0 Å². The quantitative estimate of drug-likeness (QED) is 0.555. The Morgan fingerprint density at radius 1 is 1.00 bits per heavy atom. The fourth-order valence-electron chi connectivity index (χ4n) is 0. The molecule has 0 saturated carbocycles. The third kappa shape index (κ3) is 29.6. The zero-order chi connectivity index (χ0) is 3.58. The Morgan fingerprint density at radius 2 is 1.00 bits per heavy atom. The fourth-order valence-corrected chi connectivity index (χ4v) is 0. The summed E-state index contributed by atoms with van der Waals surface area (Å²) in [6, 6.07) is 0. The van der Waals surface area contributed by atoms with Gasteiger partial charge in [-0.3, -0.25) is 0 Å². The molecule has 0 bridgehead atoms. The van der Waals surface area contributed by atoms with Crippen molar-refractivity contribution in [2.75, 3.05) is 0 Å². The smallest absolute Gasteiger partial charge is 0 e. The van der Waals surface area contributed by atoms with Crippen LogP contribution in [0.4, 0.5) is 0 Å². The number of hydrogen-bond donors (Lipinski definition) is 0. The molecule has 0 aromatic rings. The molecule has 0 aromatic heterocycles. The van der Waals surface area contributed by atoms with Gasteiger partial charge in [0.2, 0.25) is 0 Å². The van der Waals surface area contributed by atoms with Gasteiger partial charge in [0.15, 0.2) is 0 Å². The van der Waals surface area contributed by atoms with Crippen molar-refractivity contribution in [1.82, 2.24) is 0 Å². The SMILES string of the molecule is C[C-](C)C.[Yb]. The molecule has 0 spiro atoms. The third-order valence-corrected chi connectivity index (χ3v) is 0. The molecule has 0 nitrogen and oxygen atoms in total. The largest absolute Gasteiger partial charge is 0.323 e. The van der Waals surface area contributed by atoms with Crippen molar-refractivity contribution >= 4 is 0 Å². The van der Waals surface area contributed by atoms with Gasteiger partial charge >= 0.3 is 0 Å². The van der Waals surface area contributed by atoms with Crippen LogP contribution in [0.2, 0.25) is 0 Å². The average Bonchev–Trinajstić information content (AvgIpc) is 0.811. The van der Waals surface area contributed by atoms with E-state index in [2.05, 4.69) is 20.8 Å². The first-order valence-corrected chi connectivity index (χ1v) is 1.50. The van der Waals surface area contributed by atoms with Crippen LogP contribution < -0.4 is 0 Å². The van der Waals surface area contributed by atoms with E-state index < -0.39 is 0 Å². The van der Waals surface area contributed by atoms with Crippen molar-refractivity contribution in [3.8, 4) is 0 Å². The molecule has 0 saturated heterocycles. The molecule has 0 aliphatic heterocycles. The predicted octanol–water partition coefficient (Wildman–Crippen LogP) is 1.62. The van der Waals surface area contributed by atoms with Crippen molar-refractivity contribution in [2.24, 2.45) is 0 Å². The van der Waals surface area contributed by atoms with Gasteiger partial charge in [-0.05, 0) is 0 Å². The maximum atomic E-state index is 2.08. The van der Waals surface area contributed by atoms with Crippen molar-refractivity contribution in [3.05, 3.63) is 5.92 Å². The molecule has 0 amide bonds. The van der Waals surface area contributed by atoms with Crippen molar-refractivity contribution < 1.29 is 46.9 Å². The zero-order valence-corrected chi connectivity index (χ0v) is 5.48. The summed E-state index contributed by atoms with van der Waals surface area (Å²) in [5, 5.41) is 0. The molecule has 0 aromatic carbocycles. The summed E-state index contributed by atoms with van der Waals surface area (Å²) in [4.78, 5) is 0. The van der Waals surface area contributed by atoms with Crippen LogP contribution >= 0.6 is 0 Å². The van der Waals surface area contributed by atoms with Gasteiger partial charge in [-0.2, -0.15) is 20.8 Å². The number of rotatable bonds is 0. The Labute approximate surface area is 72.6 Å². The second-order valence-electron chi connectivity index (χ2n) is 1.50. The second kappa shape index (κ2) is 5.52. The third-order valence-electron chi connectivity index (χ3n) is 0. The topological polar surface area (TPSA) is 0 Å². The molecule has 40 valence electrons. The normalized spacial score (nSPS) is 7.20. The number of hydrogen-bond acceptors (Lipinski definition) is 0. The molecule has 1 heteroatoms. The van der Waals surface area contributed by atoms with Gasteiger partial charge in [0.25, 0.3) is 0 Å². The van der Waals surface area contributed by atoms with Crippen molar-refractivity contribution in [2.45, 2.75) is 20.8 Å². The molecule has 0 atom stereocenters. The fraction of sp³-hybridized carbons (Fsp3) is 0.750. The minimum atomic E-state index is 0. The van der Waals surface area contributed by atoms with Crippen LogP contribution in [-0.4, -0.2) is 0 Å². The van der Waals surface area contributed by atoms with E-state index in [1.807, 2.05) is 0 Å². The van der Waals surface area contributed by atoms with E-state index in [0.29, 0.717) is 0 Å². The molecule has 0 N–H and O–H groups in total. The predicted molar refractivity (Wildman–Crippen MR) is 20.3 cm³/mol. The first-order chi connectivity index (χ1) is 1.73. The summed E-state index contributed by atoms with van der Waals surface area (Å²) in [6.07, 6.45) is 0. The van der Waals surface area contributed by atoms with E-state index in [9.17, 15) is 0 Å². The van der Waals surface area contributed by atoms with Gasteiger partial charge in [0, 0.05) is 46.9 Å². The molecular formula is C4H9Yb-. The molecule has 0 aliphatic carbocycles. The van der Waals surface area contributed by atoms with Gasteiger partial charge in [-0.15, -0.1) is 0 Å². The summed E-state index contributed by atoms with van der Waals surface area (Å²) in [5.41, 5.74) is 0. The Kier molecular flexibility index (Phi) is 10.7. The maximum Gasteiger partial charge on any atom is 0 e. The molecule has 5 heavy (non-hydrogen) atoms. The van der Waals surface area contributed by atoms with Crippen LogP contribution in [0.25, 0.3) is 0 Å².